The fourth-order valence-corrected chi connectivity index (χ4v) is 4.46. The third-order valence-corrected chi connectivity index (χ3v) is 6.03. The third kappa shape index (κ3) is 2.05. The highest BCUT2D eigenvalue weighted by Gasteiger charge is 2.32. The summed E-state index contributed by atoms with van der Waals surface area (Å²) < 4.78 is 0.135. The van der Waals surface area contributed by atoms with E-state index in [1.807, 2.05) is 24.5 Å². The summed E-state index contributed by atoms with van der Waals surface area (Å²) in [5, 5.41) is 7.19. The SMILES string of the molecule is CSC1NC(=O)C(=C2Nc3ccccc3S2)S1. The van der Waals surface area contributed by atoms with Crippen molar-refractivity contribution in [3.8, 4) is 0 Å². The Bertz CT molecular complexity index is 488. The monoisotopic (exact) mass is 282 g/mol. The number of benzene rings is 1. The Hall–Kier alpha value is -0.720. The number of hydrogen-bond acceptors (Lipinski definition) is 5. The molecule has 2 aliphatic heterocycles. The van der Waals surface area contributed by atoms with Crippen LogP contribution in [0.3, 0.4) is 0 Å². The lowest BCUT2D eigenvalue weighted by molar-refractivity contribution is -0.116. The van der Waals surface area contributed by atoms with Crippen LogP contribution in [0.25, 0.3) is 0 Å². The molecular weight excluding hydrogens is 272 g/mol. The summed E-state index contributed by atoms with van der Waals surface area (Å²) in [7, 11) is 0. The largest absolute Gasteiger partial charge is 0.348 e. The van der Waals surface area contributed by atoms with E-state index >= 15 is 0 Å². The summed E-state index contributed by atoms with van der Waals surface area (Å²) in [6, 6.07) is 8.09. The van der Waals surface area contributed by atoms with E-state index < -0.39 is 0 Å². The molecule has 0 spiro atoms. The predicted molar refractivity (Wildman–Crippen MR) is 76.0 cm³/mol. The predicted octanol–water partition coefficient (Wildman–Crippen LogP) is 2.88. The molecule has 3 rings (SSSR count). The van der Waals surface area contributed by atoms with Gasteiger partial charge in [-0.1, -0.05) is 35.7 Å². The second kappa shape index (κ2) is 4.51. The van der Waals surface area contributed by atoms with Crippen molar-refractivity contribution < 1.29 is 4.79 Å². The van der Waals surface area contributed by atoms with Gasteiger partial charge in [-0.25, -0.2) is 0 Å². The Morgan fingerprint density at radius 3 is 2.88 bits per heavy atom. The van der Waals surface area contributed by atoms with E-state index in [4.69, 9.17) is 0 Å². The molecule has 1 fully saturated rings. The van der Waals surface area contributed by atoms with E-state index in [1.165, 1.54) is 4.90 Å². The fraction of sp³-hybridized carbons (Fsp3) is 0.182. The van der Waals surface area contributed by atoms with E-state index in [2.05, 4.69) is 16.7 Å². The quantitative estimate of drug-likeness (QED) is 0.775. The molecule has 2 aliphatic rings. The maximum atomic E-state index is 11.8. The van der Waals surface area contributed by atoms with Gasteiger partial charge < -0.3 is 10.6 Å². The smallest absolute Gasteiger partial charge is 0.262 e. The third-order valence-electron chi connectivity index (χ3n) is 2.45. The van der Waals surface area contributed by atoms with E-state index in [0.717, 1.165) is 15.6 Å². The standard InChI is InChI=1S/C11H10N2OS3/c1-15-11-13-9(14)8(17-11)10-12-6-4-2-3-5-7(6)16-10/h2-5,11-12H,1H3,(H,13,14). The molecule has 3 nitrogen and oxygen atoms in total. The minimum atomic E-state index is 0.0251. The number of anilines is 1. The van der Waals surface area contributed by atoms with Crippen LogP contribution in [-0.2, 0) is 4.79 Å². The van der Waals surface area contributed by atoms with Crippen LogP contribution in [0.5, 0.6) is 0 Å². The maximum absolute atomic E-state index is 11.8. The summed E-state index contributed by atoms with van der Waals surface area (Å²) in [5.41, 5.74) is 1.08. The highest BCUT2D eigenvalue weighted by Crippen LogP contribution is 2.46. The Kier molecular flexibility index (Phi) is 3.02. The summed E-state index contributed by atoms with van der Waals surface area (Å²) in [6.07, 6.45) is 2.00. The number of thioether (sulfide) groups is 3. The molecule has 2 heterocycles. The van der Waals surface area contributed by atoms with Crippen molar-refractivity contribution in [3.63, 3.8) is 0 Å². The molecule has 0 aromatic heterocycles. The molecule has 0 saturated carbocycles. The van der Waals surface area contributed by atoms with Crippen LogP contribution in [-0.4, -0.2) is 16.9 Å². The van der Waals surface area contributed by atoms with Crippen LogP contribution in [0.1, 0.15) is 0 Å². The van der Waals surface area contributed by atoms with E-state index in [0.29, 0.717) is 0 Å². The second-order valence-electron chi connectivity index (χ2n) is 3.54. The molecule has 1 aromatic carbocycles. The van der Waals surface area contributed by atoms with Gasteiger partial charge in [0.15, 0.2) is 0 Å². The van der Waals surface area contributed by atoms with Gasteiger partial charge in [0.2, 0.25) is 0 Å². The molecule has 2 N–H and O–H groups in total. The van der Waals surface area contributed by atoms with Gasteiger partial charge >= 0.3 is 0 Å². The van der Waals surface area contributed by atoms with Gasteiger partial charge in [0.1, 0.15) is 9.61 Å². The topological polar surface area (TPSA) is 41.1 Å². The van der Waals surface area contributed by atoms with Gasteiger partial charge in [0.25, 0.3) is 5.91 Å². The zero-order valence-electron chi connectivity index (χ0n) is 9.02. The Labute approximate surface area is 112 Å². The molecule has 17 heavy (non-hydrogen) atoms. The minimum absolute atomic E-state index is 0.0251. The molecular formula is C11H10N2OS3. The van der Waals surface area contributed by atoms with E-state index in [9.17, 15) is 4.79 Å². The van der Waals surface area contributed by atoms with Crippen molar-refractivity contribution in [1.82, 2.24) is 5.32 Å². The molecule has 1 aromatic rings. The zero-order valence-corrected chi connectivity index (χ0v) is 11.5. The first-order valence-corrected chi connectivity index (χ1v) is 8.05. The van der Waals surface area contributed by atoms with Gasteiger partial charge in [-0.2, -0.15) is 0 Å². The Balaban J connectivity index is 1.91. The van der Waals surface area contributed by atoms with Crippen molar-refractivity contribution in [2.24, 2.45) is 0 Å². The Morgan fingerprint density at radius 2 is 2.18 bits per heavy atom. The van der Waals surface area contributed by atoms with Crippen LogP contribution in [0.4, 0.5) is 5.69 Å². The lowest BCUT2D eigenvalue weighted by Crippen LogP contribution is -2.21. The fourth-order valence-electron chi connectivity index (χ4n) is 1.65. The minimum Gasteiger partial charge on any atom is -0.348 e. The molecule has 88 valence electrons. The summed E-state index contributed by atoms with van der Waals surface area (Å²) in [4.78, 5) is 13.8. The van der Waals surface area contributed by atoms with Crippen LogP contribution in [0.2, 0.25) is 0 Å². The van der Waals surface area contributed by atoms with Crippen molar-refractivity contribution in [2.75, 3.05) is 11.6 Å². The number of carbonyl (C=O) groups is 1. The molecule has 0 radical (unpaired) electrons. The normalized spacial score (nSPS) is 26.6. The van der Waals surface area contributed by atoms with Gasteiger partial charge in [-0.05, 0) is 18.4 Å². The van der Waals surface area contributed by atoms with Crippen molar-refractivity contribution >= 4 is 46.9 Å². The first-order chi connectivity index (χ1) is 8.28. The molecule has 0 aliphatic carbocycles. The zero-order chi connectivity index (χ0) is 11.8. The first-order valence-electron chi connectivity index (χ1n) is 5.06. The molecule has 1 unspecified atom stereocenters. The molecule has 6 heteroatoms. The van der Waals surface area contributed by atoms with Crippen LogP contribution < -0.4 is 10.6 Å². The van der Waals surface area contributed by atoms with E-state index in [-0.39, 0.29) is 10.6 Å². The number of nitrogens with one attached hydrogen (secondary N) is 2. The van der Waals surface area contributed by atoms with Crippen LogP contribution in [0.15, 0.2) is 39.1 Å². The molecule has 1 saturated heterocycles. The maximum Gasteiger partial charge on any atom is 0.262 e. The number of hydrogen-bond donors (Lipinski definition) is 2. The molecule has 1 atom stereocenters. The number of carbonyl (C=O) groups excluding carboxylic acids is 1. The lowest BCUT2D eigenvalue weighted by Gasteiger charge is -2.02. The second-order valence-corrected chi connectivity index (χ2v) is 6.95. The number of para-hydroxylation sites is 1. The van der Waals surface area contributed by atoms with Crippen LogP contribution >= 0.6 is 35.3 Å². The average Bonchev–Trinajstić information content (AvgIpc) is 2.91. The first kappa shape index (κ1) is 11.4. The van der Waals surface area contributed by atoms with E-state index in [1.54, 1.807) is 35.3 Å². The number of amides is 1. The van der Waals surface area contributed by atoms with Crippen molar-refractivity contribution in [2.45, 2.75) is 9.60 Å². The van der Waals surface area contributed by atoms with Crippen LogP contribution in [0, 0.1) is 0 Å². The van der Waals surface area contributed by atoms with Gasteiger partial charge in [-0.15, -0.1) is 11.8 Å². The number of fused-ring (bicyclic) bond motifs is 1. The lowest BCUT2D eigenvalue weighted by atomic mass is 10.3. The number of rotatable bonds is 1. The Morgan fingerprint density at radius 1 is 1.35 bits per heavy atom. The summed E-state index contributed by atoms with van der Waals surface area (Å²) in [6.45, 7) is 0. The summed E-state index contributed by atoms with van der Waals surface area (Å²) >= 11 is 4.85. The van der Waals surface area contributed by atoms with Gasteiger partial charge in [0.05, 0.1) is 10.7 Å². The highest BCUT2D eigenvalue weighted by atomic mass is 32.2. The molecule has 1 amide bonds. The highest BCUT2D eigenvalue weighted by molar-refractivity contribution is 8.19. The van der Waals surface area contributed by atoms with Gasteiger partial charge in [-0.3, -0.25) is 4.79 Å². The van der Waals surface area contributed by atoms with Crippen molar-refractivity contribution in [1.29, 1.82) is 0 Å². The molecule has 0 bridgehead atoms. The summed E-state index contributed by atoms with van der Waals surface area (Å²) in [5.74, 6) is 0.0251. The van der Waals surface area contributed by atoms with Crippen molar-refractivity contribution in [3.05, 3.63) is 34.2 Å². The average molecular weight is 282 g/mol. The van der Waals surface area contributed by atoms with Gasteiger partial charge in [0, 0.05) is 4.90 Å².